The van der Waals surface area contributed by atoms with E-state index in [2.05, 4.69) is 15.3 Å². The van der Waals surface area contributed by atoms with Gasteiger partial charge in [0.05, 0.1) is 11.4 Å². The molecular formula is C19H15FN4O3S. The van der Waals surface area contributed by atoms with Crippen molar-refractivity contribution in [2.75, 3.05) is 5.32 Å². The van der Waals surface area contributed by atoms with Crippen molar-refractivity contribution in [2.45, 2.75) is 6.92 Å². The summed E-state index contributed by atoms with van der Waals surface area (Å²) in [7, 11) is 0. The number of aliphatic imine (C=N–C) groups is 1. The highest BCUT2D eigenvalue weighted by molar-refractivity contribution is 7.71. The van der Waals surface area contributed by atoms with E-state index in [-0.39, 0.29) is 16.2 Å². The number of carbonyl (C=O) groups is 1. The zero-order valence-corrected chi connectivity index (χ0v) is 15.5. The number of aromatic nitrogens is 2. The monoisotopic (exact) mass is 398 g/mol. The Morgan fingerprint density at radius 2 is 1.86 bits per heavy atom. The van der Waals surface area contributed by atoms with Gasteiger partial charge in [-0.15, -0.1) is 0 Å². The van der Waals surface area contributed by atoms with E-state index in [1.54, 1.807) is 24.3 Å². The molecule has 0 radical (unpaired) electrons. The highest BCUT2D eigenvalue weighted by atomic mass is 32.1. The van der Waals surface area contributed by atoms with Gasteiger partial charge in [-0.25, -0.2) is 4.39 Å². The first-order valence-electron chi connectivity index (χ1n) is 8.11. The lowest BCUT2D eigenvalue weighted by atomic mass is 10.2. The molecule has 0 aliphatic heterocycles. The molecule has 0 aliphatic carbocycles. The second-order valence-corrected chi connectivity index (χ2v) is 6.18. The number of rotatable bonds is 4. The van der Waals surface area contributed by atoms with E-state index in [9.17, 15) is 19.1 Å². The molecule has 0 saturated carbocycles. The molecule has 7 nitrogen and oxygen atoms in total. The lowest BCUT2D eigenvalue weighted by Crippen LogP contribution is -2.18. The third-order valence-electron chi connectivity index (χ3n) is 3.74. The molecule has 142 valence electrons. The molecule has 0 atom stereocenters. The van der Waals surface area contributed by atoms with Crippen LogP contribution in [0.25, 0.3) is 5.69 Å². The van der Waals surface area contributed by atoms with E-state index in [1.807, 2.05) is 0 Å². The Morgan fingerprint density at radius 1 is 1.21 bits per heavy atom. The standard InChI is InChI=1S/C19H15FN4O3S/c1-11(25)22-14-6-4-13(5-7-14)21-10-16-17(26)23-19(28)24(18(16)27)15-8-2-12(20)3-9-15/h2-10,27H,1H3,(H,22,25)(H,23,26,28). The SMILES string of the molecule is CC(=O)Nc1ccc(N=Cc2c(O)n(-c3ccc(F)cc3)c(=S)[nH]c2=O)cc1. The predicted octanol–water partition coefficient (Wildman–Crippen LogP) is 3.45. The summed E-state index contributed by atoms with van der Waals surface area (Å²) in [6.07, 6.45) is 1.20. The predicted molar refractivity (Wildman–Crippen MR) is 107 cm³/mol. The van der Waals surface area contributed by atoms with Gasteiger partial charge in [0.15, 0.2) is 4.77 Å². The van der Waals surface area contributed by atoms with Gasteiger partial charge in [-0.05, 0) is 60.7 Å². The number of nitrogens with zero attached hydrogens (tertiary/aromatic N) is 2. The van der Waals surface area contributed by atoms with E-state index in [4.69, 9.17) is 12.2 Å². The van der Waals surface area contributed by atoms with Crippen LogP contribution in [0.5, 0.6) is 5.88 Å². The molecule has 0 spiro atoms. The number of halogens is 1. The average molecular weight is 398 g/mol. The van der Waals surface area contributed by atoms with Crippen molar-refractivity contribution in [1.82, 2.24) is 9.55 Å². The molecule has 1 heterocycles. The summed E-state index contributed by atoms with van der Waals surface area (Å²) in [6.45, 7) is 1.40. The quantitative estimate of drug-likeness (QED) is 0.463. The Bertz CT molecular complexity index is 1170. The number of nitrogens with one attached hydrogen (secondary N) is 2. The van der Waals surface area contributed by atoms with Crippen LogP contribution in [0.1, 0.15) is 12.5 Å². The van der Waals surface area contributed by atoms with E-state index in [1.165, 1.54) is 42.0 Å². The van der Waals surface area contributed by atoms with Crippen molar-refractivity contribution < 1.29 is 14.3 Å². The molecule has 3 N–H and O–H groups in total. The molecule has 0 saturated heterocycles. The minimum atomic E-state index is -0.612. The van der Waals surface area contributed by atoms with E-state index >= 15 is 0 Å². The maximum Gasteiger partial charge on any atom is 0.264 e. The number of hydrogen-bond donors (Lipinski definition) is 3. The van der Waals surface area contributed by atoms with Crippen LogP contribution in [0.4, 0.5) is 15.8 Å². The first-order chi connectivity index (χ1) is 13.3. The largest absolute Gasteiger partial charge is 0.494 e. The lowest BCUT2D eigenvalue weighted by molar-refractivity contribution is -0.114. The molecular weight excluding hydrogens is 383 g/mol. The number of hydrogen-bond acceptors (Lipinski definition) is 5. The van der Waals surface area contributed by atoms with E-state index in [0.717, 1.165) is 0 Å². The molecule has 0 unspecified atom stereocenters. The van der Waals surface area contributed by atoms with Gasteiger partial charge in [0.2, 0.25) is 11.8 Å². The van der Waals surface area contributed by atoms with Gasteiger partial charge in [-0.3, -0.25) is 24.1 Å². The summed E-state index contributed by atoms with van der Waals surface area (Å²) in [5, 5.41) is 13.2. The molecule has 3 rings (SSSR count). The van der Waals surface area contributed by atoms with Crippen molar-refractivity contribution in [2.24, 2.45) is 4.99 Å². The van der Waals surface area contributed by atoms with Crippen LogP contribution in [0.3, 0.4) is 0 Å². The summed E-state index contributed by atoms with van der Waals surface area (Å²) >= 11 is 5.10. The zero-order chi connectivity index (χ0) is 20.3. The van der Waals surface area contributed by atoms with Crippen LogP contribution in [0.15, 0.2) is 58.3 Å². The fourth-order valence-electron chi connectivity index (χ4n) is 2.46. The summed E-state index contributed by atoms with van der Waals surface area (Å²) in [5.41, 5.74) is 0.776. The fraction of sp³-hybridized carbons (Fsp3) is 0.0526. The first kappa shape index (κ1) is 19.2. The molecule has 2 aromatic carbocycles. The molecule has 3 aromatic rings. The van der Waals surface area contributed by atoms with Gasteiger partial charge in [0.1, 0.15) is 11.4 Å². The number of aromatic hydroxyl groups is 1. The number of benzene rings is 2. The highest BCUT2D eigenvalue weighted by Crippen LogP contribution is 2.20. The average Bonchev–Trinajstić information content (AvgIpc) is 2.63. The second-order valence-electron chi connectivity index (χ2n) is 5.79. The molecule has 0 aliphatic rings. The number of H-pyrrole nitrogens is 1. The summed E-state index contributed by atoms with van der Waals surface area (Å²) < 4.78 is 14.3. The normalized spacial score (nSPS) is 10.9. The summed E-state index contributed by atoms with van der Waals surface area (Å²) in [5.74, 6) is -1.05. The van der Waals surface area contributed by atoms with Gasteiger partial charge in [0, 0.05) is 18.8 Å². The molecule has 1 amide bonds. The maximum absolute atomic E-state index is 13.2. The van der Waals surface area contributed by atoms with Crippen molar-refractivity contribution in [3.63, 3.8) is 0 Å². The van der Waals surface area contributed by atoms with Crippen LogP contribution in [-0.4, -0.2) is 26.8 Å². The van der Waals surface area contributed by atoms with Gasteiger partial charge in [-0.2, -0.15) is 0 Å². The second kappa shape index (κ2) is 7.97. The van der Waals surface area contributed by atoms with Crippen molar-refractivity contribution in [1.29, 1.82) is 0 Å². The van der Waals surface area contributed by atoms with Gasteiger partial charge in [-0.1, -0.05) is 0 Å². The Kier molecular flexibility index (Phi) is 5.46. The number of aromatic amines is 1. The number of carbonyl (C=O) groups excluding carboxylic acids is 1. The van der Waals surface area contributed by atoms with Crippen LogP contribution in [-0.2, 0) is 4.79 Å². The number of amides is 1. The van der Waals surface area contributed by atoms with Gasteiger partial charge < -0.3 is 10.4 Å². The minimum Gasteiger partial charge on any atom is -0.494 e. The minimum absolute atomic E-state index is 0.0362. The van der Waals surface area contributed by atoms with Gasteiger partial charge in [0.25, 0.3) is 5.56 Å². The van der Waals surface area contributed by atoms with Crippen molar-refractivity contribution in [3.8, 4) is 11.6 Å². The van der Waals surface area contributed by atoms with Crippen LogP contribution in [0, 0.1) is 10.6 Å². The lowest BCUT2D eigenvalue weighted by Gasteiger charge is -2.11. The smallest absolute Gasteiger partial charge is 0.264 e. The Morgan fingerprint density at radius 3 is 2.46 bits per heavy atom. The summed E-state index contributed by atoms with van der Waals surface area (Å²) in [6, 6.07) is 11.9. The fourth-order valence-corrected chi connectivity index (χ4v) is 2.74. The van der Waals surface area contributed by atoms with Crippen LogP contribution >= 0.6 is 12.2 Å². The van der Waals surface area contributed by atoms with Crippen LogP contribution in [0.2, 0.25) is 0 Å². The molecule has 1 aromatic heterocycles. The molecule has 0 fully saturated rings. The number of anilines is 1. The van der Waals surface area contributed by atoms with E-state index < -0.39 is 17.3 Å². The molecule has 9 heteroatoms. The molecule has 28 heavy (non-hydrogen) atoms. The van der Waals surface area contributed by atoms with Crippen LogP contribution < -0.4 is 10.9 Å². The third-order valence-corrected chi connectivity index (χ3v) is 4.02. The Balaban J connectivity index is 1.98. The third kappa shape index (κ3) is 4.21. The Labute approximate surface area is 163 Å². The van der Waals surface area contributed by atoms with Crippen molar-refractivity contribution in [3.05, 3.63) is 75.0 Å². The Hall–Kier alpha value is -3.59. The van der Waals surface area contributed by atoms with Gasteiger partial charge >= 0.3 is 0 Å². The zero-order valence-electron chi connectivity index (χ0n) is 14.6. The molecule has 0 bridgehead atoms. The van der Waals surface area contributed by atoms with E-state index in [0.29, 0.717) is 17.1 Å². The maximum atomic E-state index is 13.2. The van der Waals surface area contributed by atoms with Crippen molar-refractivity contribution >= 4 is 35.7 Å². The highest BCUT2D eigenvalue weighted by Gasteiger charge is 2.12. The first-order valence-corrected chi connectivity index (χ1v) is 8.52. The topological polar surface area (TPSA) is 99.5 Å². The summed E-state index contributed by atoms with van der Waals surface area (Å²) in [4.78, 5) is 29.9.